The van der Waals surface area contributed by atoms with Crippen LogP contribution in [-0.4, -0.2) is 28.5 Å². The van der Waals surface area contributed by atoms with Gasteiger partial charge in [-0.25, -0.2) is 4.39 Å². The van der Waals surface area contributed by atoms with Gasteiger partial charge in [0.1, 0.15) is 22.4 Å². The van der Waals surface area contributed by atoms with Crippen LogP contribution in [0.1, 0.15) is 52.1 Å². The number of carbonyl (C=O) groups excluding carboxylic acids is 1. The largest absolute Gasteiger partial charge is 0.598 e. The molecule has 140 valence electrons. The minimum absolute atomic E-state index is 0.103. The van der Waals surface area contributed by atoms with Gasteiger partial charge in [0.25, 0.3) is 0 Å². The van der Waals surface area contributed by atoms with E-state index < -0.39 is 16.1 Å². The van der Waals surface area contributed by atoms with Crippen LogP contribution >= 0.6 is 0 Å². The van der Waals surface area contributed by atoms with Crippen LogP contribution in [0.3, 0.4) is 0 Å². The number of carbonyl (C=O) groups is 1. The van der Waals surface area contributed by atoms with Gasteiger partial charge in [0.2, 0.25) is 0 Å². The number of rotatable bonds is 6. The Balaban J connectivity index is 2.06. The van der Waals surface area contributed by atoms with Crippen molar-refractivity contribution >= 4 is 17.3 Å². The number of methoxy groups -OCH3 is 1. The minimum Gasteiger partial charge on any atom is -0.598 e. The molecule has 1 aliphatic carbocycles. The lowest BCUT2D eigenvalue weighted by Crippen LogP contribution is -2.41. The molecule has 1 aromatic rings. The first kappa shape index (κ1) is 20.0. The van der Waals surface area contributed by atoms with E-state index in [4.69, 9.17) is 9.47 Å². The number of benzene rings is 1. The van der Waals surface area contributed by atoms with Crippen molar-refractivity contribution in [1.29, 1.82) is 0 Å². The van der Waals surface area contributed by atoms with Gasteiger partial charge in [-0.3, -0.25) is 4.79 Å². The first-order valence-electron chi connectivity index (χ1n) is 8.33. The molecule has 1 fully saturated rings. The Labute approximate surface area is 151 Å². The molecule has 0 aromatic heterocycles. The van der Waals surface area contributed by atoms with E-state index >= 15 is 0 Å². The molecule has 1 aromatic carbocycles. The fourth-order valence-corrected chi connectivity index (χ4v) is 3.37. The van der Waals surface area contributed by atoms with Gasteiger partial charge in [-0.2, -0.15) is 0 Å². The van der Waals surface area contributed by atoms with Crippen molar-refractivity contribution in [2.75, 3.05) is 7.11 Å². The van der Waals surface area contributed by atoms with Gasteiger partial charge in [-0.05, 0) is 58.7 Å². The molecule has 7 heteroatoms. The predicted octanol–water partition coefficient (Wildman–Crippen LogP) is 3.27. The summed E-state index contributed by atoms with van der Waals surface area (Å²) in [6.45, 7) is 7.43. The first-order valence-corrected chi connectivity index (χ1v) is 9.48. The third-order valence-corrected chi connectivity index (χ3v) is 5.88. The highest BCUT2D eigenvalue weighted by molar-refractivity contribution is 7.90. The molecule has 0 spiro atoms. The van der Waals surface area contributed by atoms with Crippen molar-refractivity contribution in [1.82, 2.24) is 4.72 Å². The van der Waals surface area contributed by atoms with Crippen LogP contribution < -0.4 is 9.46 Å². The van der Waals surface area contributed by atoms with Gasteiger partial charge >= 0.3 is 5.97 Å². The average molecular weight is 371 g/mol. The van der Waals surface area contributed by atoms with E-state index in [1.165, 1.54) is 19.2 Å². The number of hydrogen-bond donors (Lipinski definition) is 1. The van der Waals surface area contributed by atoms with E-state index in [9.17, 15) is 13.7 Å². The Morgan fingerprint density at radius 1 is 1.40 bits per heavy atom. The predicted molar refractivity (Wildman–Crippen MR) is 95.0 cm³/mol. The second-order valence-corrected chi connectivity index (χ2v) is 9.33. The molecule has 0 heterocycles. The summed E-state index contributed by atoms with van der Waals surface area (Å²) in [4.78, 5) is 11.5. The summed E-state index contributed by atoms with van der Waals surface area (Å²) in [5, 5.41) is 0. The standard InChI is InChI=1S/C18H26FNO4S/c1-11(20-25(22)18(2,3)4)15-10-13(19)6-7-16(15)24-14-8-12(9-14)17(21)23-5/h6-7,10-12,14,20H,8-9H2,1-5H3/t11-,12?,14?,25-/m1/s1. The lowest BCUT2D eigenvalue weighted by atomic mass is 9.82. The summed E-state index contributed by atoms with van der Waals surface area (Å²) in [6.07, 6.45) is 1.06. The van der Waals surface area contributed by atoms with Crippen molar-refractivity contribution in [3.63, 3.8) is 0 Å². The van der Waals surface area contributed by atoms with Crippen LogP contribution in [0.2, 0.25) is 0 Å². The molecule has 2 rings (SSSR count). The maximum absolute atomic E-state index is 13.7. The van der Waals surface area contributed by atoms with E-state index in [-0.39, 0.29) is 29.9 Å². The summed E-state index contributed by atoms with van der Waals surface area (Å²) in [6, 6.07) is 3.96. The molecule has 0 bridgehead atoms. The molecule has 2 atom stereocenters. The van der Waals surface area contributed by atoms with Gasteiger partial charge in [0, 0.05) is 16.9 Å². The molecule has 0 amide bonds. The second-order valence-electron chi connectivity index (χ2n) is 7.33. The lowest BCUT2D eigenvalue weighted by molar-refractivity contribution is -0.151. The highest BCUT2D eigenvalue weighted by Crippen LogP contribution is 2.35. The molecule has 1 N–H and O–H groups in total. The fraction of sp³-hybridized carbons (Fsp3) is 0.611. The zero-order chi connectivity index (χ0) is 18.8. The molecule has 0 unspecified atom stereocenters. The van der Waals surface area contributed by atoms with Gasteiger partial charge in [-0.15, -0.1) is 4.72 Å². The van der Waals surface area contributed by atoms with E-state index in [0.29, 0.717) is 24.2 Å². The van der Waals surface area contributed by atoms with Gasteiger partial charge < -0.3 is 14.0 Å². The van der Waals surface area contributed by atoms with Crippen LogP contribution in [-0.2, 0) is 20.9 Å². The summed E-state index contributed by atoms with van der Waals surface area (Å²) >= 11 is -1.29. The van der Waals surface area contributed by atoms with Gasteiger partial charge in [-0.1, -0.05) is 0 Å². The van der Waals surface area contributed by atoms with E-state index in [2.05, 4.69) is 4.72 Å². The third-order valence-electron chi connectivity index (χ3n) is 4.20. The van der Waals surface area contributed by atoms with Crippen molar-refractivity contribution < 1.29 is 23.2 Å². The zero-order valence-electron chi connectivity index (χ0n) is 15.3. The molecular weight excluding hydrogens is 345 g/mol. The number of esters is 1. The van der Waals surface area contributed by atoms with E-state index in [0.717, 1.165) is 0 Å². The molecule has 0 radical (unpaired) electrons. The van der Waals surface area contributed by atoms with Gasteiger partial charge in [0.15, 0.2) is 0 Å². The third kappa shape index (κ3) is 5.09. The molecule has 0 saturated heterocycles. The summed E-state index contributed by atoms with van der Waals surface area (Å²) < 4.78 is 39.2. The maximum atomic E-state index is 13.7. The number of nitrogens with one attached hydrogen (secondary N) is 1. The van der Waals surface area contributed by atoms with E-state index in [1.807, 2.05) is 27.7 Å². The lowest BCUT2D eigenvalue weighted by Gasteiger charge is -2.34. The van der Waals surface area contributed by atoms with Crippen LogP contribution in [0.15, 0.2) is 18.2 Å². The van der Waals surface area contributed by atoms with Crippen molar-refractivity contribution in [2.45, 2.75) is 57.4 Å². The molecule has 5 nitrogen and oxygen atoms in total. The summed E-state index contributed by atoms with van der Waals surface area (Å²) in [5.41, 5.74) is 0.610. The highest BCUT2D eigenvalue weighted by atomic mass is 32.2. The Morgan fingerprint density at radius 2 is 2.04 bits per heavy atom. The van der Waals surface area contributed by atoms with E-state index in [1.54, 1.807) is 6.07 Å². The quantitative estimate of drug-likeness (QED) is 0.614. The van der Waals surface area contributed by atoms with Crippen LogP contribution in [0.4, 0.5) is 4.39 Å². The molecule has 1 aliphatic rings. The van der Waals surface area contributed by atoms with Crippen LogP contribution in [0.25, 0.3) is 0 Å². The second kappa shape index (κ2) is 7.93. The molecule has 25 heavy (non-hydrogen) atoms. The topological polar surface area (TPSA) is 70.6 Å². The Kier molecular flexibility index (Phi) is 6.35. The smallest absolute Gasteiger partial charge is 0.308 e. The zero-order valence-corrected chi connectivity index (χ0v) is 16.1. The Bertz CT molecular complexity index is 614. The summed E-state index contributed by atoms with van der Waals surface area (Å²) in [7, 11) is 1.37. The average Bonchev–Trinajstić information content (AvgIpc) is 2.49. The maximum Gasteiger partial charge on any atom is 0.308 e. The molecule has 0 aliphatic heterocycles. The minimum atomic E-state index is -1.29. The normalized spacial score (nSPS) is 22.7. The number of hydrogen-bond acceptors (Lipinski definition) is 5. The van der Waals surface area contributed by atoms with Crippen molar-refractivity contribution in [3.05, 3.63) is 29.6 Å². The molecule has 1 saturated carbocycles. The van der Waals surface area contributed by atoms with Crippen LogP contribution in [0, 0.1) is 11.7 Å². The number of ether oxygens (including phenoxy) is 2. The highest BCUT2D eigenvalue weighted by Gasteiger charge is 2.37. The first-order chi connectivity index (χ1) is 11.6. The Morgan fingerprint density at radius 3 is 2.60 bits per heavy atom. The van der Waals surface area contributed by atoms with Crippen molar-refractivity contribution in [3.8, 4) is 5.75 Å². The van der Waals surface area contributed by atoms with Crippen molar-refractivity contribution in [2.24, 2.45) is 5.92 Å². The van der Waals surface area contributed by atoms with Gasteiger partial charge in [0.05, 0.1) is 19.1 Å². The summed E-state index contributed by atoms with van der Waals surface area (Å²) in [5.74, 6) is -0.197. The number of halogens is 1. The molecular formula is C18H26FNO4S. The SMILES string of the molecule is COC(=O)C1CC(Oc2ccc(F)cc2[C@@H](C)N[S@+]([O-])C(C)(C)C)C1. The fourth-order valence-electron chi connectivity index (χ4n) is 2.57. The monoisotopic (exact) mass is 371 g/mol. The Hall–Kier alpha value is -1.31. The van der Waals surface area contributed by atoms with Crippen LogP contribution in [0.5, 0.6) is 5.75 Å².